The molecule has 1 aromatic carbocycles. The third-order valence-electron chi connectivity index (χ3n) is 4.65. The molecule has 1 aliphatic rings. The standard InChI is InChI=1S/C20H22FN3O3/c1-13-10-16(14(2)23(13)8-9-27-3)11-18-19(25)24(20(26)22-18)12-15-4-6-17(21)7-5-15/h4-7,10-11H,8-9,12H2,1-3H3,(H,22,26)/b18-11-. The van der Waals surface area contributed by atoms with E-state index in [-0.39, 0.29) is 18.1 Å². The number of carbonyl (C=O) groups excluding carboxylic acids is 2. The van der Waals surface area contributed by atoms with Gasteiger partial charge in [-0.25, -0.2) is 9.18 Å². The second kappa shape index (κ2) is 7.75. The van der Waals surface area contributed by atoms with Gasteiger partial charge in [0.2, 0.25) is 0 Å². The van der Waals surface area contributed by atoms with Crippen LogP contribution in [0.15, 0.2) is 36.0 Å². The topological polar surface area (TPSA) is 63.6 Å². The molecule has 0 unspecified atom stereocenters. The maximum atomic E-state index is 13.0. The lowest BCUT2D eigenvalue weighted by atomic mass is 10.2. The van der Waals surface area contributed by atoms with Gasteiger partial charge in [0, 0.05) is 25.0 Å². The number of urea groups is 1. The van der Waals surface area contributed by atoms with Gasteiger partial charge in [-0.1, -0.05) is 12.1 Å². The van der Waals surface area contributed by atoms with Crippen molar-refractivity contribution in [3.63, 3.8) is 0 Å². The Labute approximate surface area is 157 Å². The molecule has 0 radical (unpaired) electrons. The number of carbonyl (C=O) groups is 2. The number of nitrogens with one attached hydrogen (secondary N) is 1. The minimum Gasteiger partial charge on any atom is -0.383 e. The van der Waals surface area contributed by atoms with E-state index in [1.54, 1.807) is 25.3 Å². The number of ether oxygens (including phenoxy) is 1. The summed E-state index contributed by atoms with van der Waals surface area (Å²) in [5.41, 5.74) is 3.83. The SMILES string of the molecule is COCCn1c(C)cc(/C=C2\NC(=O)N(Cc3ccc(F)cc3)C2=O)c1C. The molecule has 1 aromatic heterocycles. The summed E-state index contributed by atoms with van der Waals surface area (Å²) in [4.78, 5) is 26.0. The van der Waals surface area contributed by atoms with Crippen molar-refractivity contribution in [3.8, 4) is 0 Å². The van der Waals surface area contributed by atoms with Gasteiger partial charge in [-0.15, -0.1) is 0 Å². The molecule has 142 valence electrons. The van der Waals surface area contributed by atoms with Crippen LogP contribution in [0.4, 0.5) is 9.18 Å². The van der Waals surface area contributed by atoms with Gasteiger partial charge in [-0.05, 0) is 49.2 Å². The molecule has 7 heteroatoms. The minimum atomic E-state index is -0.483. The van der Waals surface area contributed by atoms with Gasteiger partial charge in [0.05, 0.1) is 13.2 Å². The molecule has 1 saturated heterocycles. The summed E-state index contributed by atoms with van der Waals surface area (Å²) >= 11 is 0. The number of benzene rings is 1. The number of aromatic nitrogens is 1. The average Bonchev–Trinajstić information content (AvgIpc) is 3.05. The van der Waals surface area contributed by atoms with Crippen molar-refractivity contribution < 1.29 is 18.7 Å². The molecule has 0 saturated carbocycles. The molecule has 27 heavy (non-hydrogen) atoms. The Kier molecular flexibility index (Phi) is 5.41. The van der Waals surface area contributed by atoms with Gasteiger partial charge >= 0.3 is 6.03 Å². The van der Waals surface area contributed by atoms with Crippen LogP contribution in [-0.2, 0) is 22.6 Å². The summed E-state index contributed by atoms with van der Waals surface area (Å²) < 4.78 is 20.3. The number of hydrogen-bond acceptors (Lipinski definition) is 3. The molecule has 0 aliphatic carbocycles. The molecule has 2 aromatic rings. The second-order valence-corrected chi connectivity index (χ2v) is 6.48. The normalized spacial score (nSPS) is 15.7. The zero-order valence-electron chi connectivity index (χ0n) is 15.6. The maximum absolute atomic E-state index is 13.0. The third-order valence-corrected chi connectivity index (χ3v) is 4.65. The van der Waals surface area contributed by atoms with E-state index in [0.717, 1.165) is 21.9 Å². The van der Waals surface area contributed by atoms with E-state index >= 15 is 0 Å². The Balaban J connectivity index is 1.81. The Hall–Kier alpha value is -2.93. The largest absolute Gasteiger partial charge is 0.383 e. The number of aryl methyl sites for hydroxylation is 1. The summed E-state index contributed by atoms with van der Waals surface area (Å²) in [5.74, 6) is -0.758. The van der Waals surface area contributed by atoms with Gasteiger partial charge < -0.3 is 14.6 Å². The summed E-state index contributed by atoms with van der Waals surface area (Å²) in [6, 6.07) is 7.21. The van der Waals surface area contributed by atoms with Crippen LogP contribution in [0.25, 0.3) is 6.08 Å². The van der Waals surface area contributed by atoms with Gasteiger partial charge in [-0.3, -0.25) is 9.69 Å². The fourth-order valence-electron chi connectivity index (χ4n) is 3.14. The van der Waals surface area contributed by atoms with Crippen LogP contribution >= 0.6 is 0 Å². The summed E-state index contributed by atoms with van der Waals surface area (Å²) in [6.07, 6.45) is 1.69. The van der Waals surface area contributed by atoms with Crippen molar-refractivity contribution in [1.29, 1.82) is 0 Å². The summed E-state index contributed by atoms with van der Waals surface area (Å²) in [7, 11) is 1.65. The van der Waals surface area contributed by atoms with E-state index in [0.29, 0.717) is 18.7 Å². The van der Waals surface area contributed by atoms with E-state index in [1.165, 1.54) is 12.1 Å². The fourth-order valence-corrected chi connectivity index (χ4v) is 3.14. The molecular weight excluding hydrogens is 349 g/mol. The fraction of sp³-hybridized carbons (Fsp3) is 0.300. The third kappa shape index (κ3) is 3.93. The first-order valence-electron chi connectivity index (χ1n) is 8.65. The number of amides is 3. The molecule has 0 bridgehead atoms. The number of halogens is 1. The monoisotopic (exact) mass is 371 g/mol. The van der Waals surface area contributed by atoms with Crippen molar-refractivity contribution in [2.24, 2.45) is 0 Å². The number of rotatable bonds is 6. The number of hydrogen-bond donors (Lipinski definition) is 1. The molecule has 2 heterocycles. The predicted octanol–water partition coefficient (Wildman–Crippen LogP) is 2.98. The molecule has 1 N–H and O–H groups in total. The highest BCUT2D eigenvalue weighted by atomic mass is 19.1. The highest BCUT2D eigenvalue weighted by Crippen LogP contribution is 2.21. The first-order chi connectivity index (χ1) is 12.9. The summed E-state index contributed by atoms with van der Waals surface area (Å²) in [6.45, 7) is 5.35. The van der Waals surface area contributed by atoms with Crippen LogP contribution < -0.4 is 5.32 Å². The molecule has 3 amide bonds. The molecule has 1 fully saturated rings. The number of nitrogens with zero attached hydrogens (tertiary/aromatic N) is 2. The lowest BCUT2D eigenvalue weighted by Crippen LogP contribution is -2.30. The van der Waals surface area contributed by atoms with E-state index in [9.17, 15) is 14.0 Å². The van der Waals surface area contributed by atoms with Gasteiger partial charge in [-0.2, -0.15) is 0 Å². The summed E-state index contributed by atoms with van der Waals surface area (Å²) in [5, 5.41) is 2.62. The number of methoxy groups -OCH3 is 1. The van der Waals surface area contributed by atoms with Crippen LogP contribution in [0.5, 0.6) is 0 Å². The molecule has 1 aliphatic heterocycles. The van der Waals surface area contributed by atoms with E-state index < -0.39 is 11.9 Å². The second-order valence-electron chi connectivity index (χ2n) is 6.48. The lowest BCUT2D eigenvalue weighted by Gasteiger charge is -2.11. The lowest BCUT2D eigenvalue weighted by molar-refractivity contribution is -0.123. The van der Waals surface area contributed by atoms with Crippen LogP contribution in [0.3, 0.4) is 0 Å². The Morgan fingerprint density at radius 2 is 1.89 bits per heavy atom. The smallest absolute Gasteiger partial charge is 0.329 e. The van der Waals surface area contributed by atoms with E-state index in [2.05, 4.69) is 9.88 Å². The van der Waals surface area contributed by atoms with Gasteiger partial charge in [0.25, 0.3) is 5.91 Å². The quantitative estimate of drug-likeness (QED) is 0.627. The first-order valence-corrected chi connectivity index (χ1v) is 8.65. The van der Waals surface area contributed by atoms with Crippen LogP contribution in [-0.4, -0.2) is 35.1 Å². The molecule has 0 atom stereocenters. The van der Waals surface area contributed by atoms with Crippen molar-refractivity contribution in [2.75, 3.05) is 13.7 Å². The Bertz CT molecular complexity index is 900. The van der Waals surface area contributed by atoms with Crippen molar-refractivity contribution in [1.82, 2.24) is 14.8 Å². The van der Waals surface area contributed by atoms with Crippen LogP contribution in [0.1, 0.15) is 22.5 Å². The number of imide groups is 1. The highest BCUT2D eigenvalue weighted by Gasteiger charge is 2.33. The minimum absolute atomic E-state index is 0.0924. The maximum Gasteiger partial charge on any atom is 0.329 e. The van der Waals surface area contributed by atoms with Crippen molar-refractivity contribution >= 4 is 18.0 Å². The van der Waals surface area contributed by atoms with Crippen molar-refractivity contribution in [2.45, 2.75) is 26.9 Å². The van der Waals surface area contributed by atoms with Crippen LogP contribution in [0.2, 0.25) is 0 Å². The Morgan fingerprint density at radius 1 is 1.19 bits per heavy atom. The van der Waals surface area contributed by atoms with Gasteiger partial charge in [0.1, 0.15) is 11.5 Å². The Morgan fingerprint density at radius 3 is 2.56 bits per heavy atom. The molecule has 0 spiro atoms. The van der Waals surface area contributed by atoms with Crippen LogP contribution in [0, 0.1) is 19.7 Å². The molecule has 6 nitrogen and oxygen atoms in total. The predicted molar refractivity (Wildman–Crippen MR) is 99.2 cm³/mol. The molecular formula is C20H22FN3O3. The van der Waals surface area contributed by atoms with E-state index in [1.807, 2.05) is 19.9 Å². The van der Waals surface area contributed by atoms with E-state index in [4.69, 9.17) is 4.74 Å². The zero-order chi connectivity index (χ0) is 19.6. The van der Waals surface area contributed by atoms with Crippen molar-refractivity contribution in [3.05, 3.63) is 64.4 Å². The van der Waals surface area contributed by atoms with Gasteiger partial charge in [0.15, 0.2) is 0 Å². The molecule has 3 rings (SSSR count). The highest BCUT2D eigenvalue weighted by molar-refractivity contribution is 6.13. The first kappa shape index (κ1) is 18.8. The zero-order valence-corrected chi connectivity index (χ0v) is 15.6. The average molecular weight is 371 g/mol.